The molecule has 1 fully saturated rings. The molecule has 1 aromatic rings. The van der Waals surface area contributed by atoms with E-state index in [2.05, 4.69) is 67.6 Å². The number of methoxy groups -OCH3 is 1. The van der Waals surface area contributed by atoms with Gasteiger partial charge in [-0.25, -0.2) is 4.79 Å². The number of rotatable bonds is 11. The van der Waals surface area contributed by atoms with Crippen molar-refractivity contribution in [2.24, 2.45) is 23.7 Å². The first-order valence-electron chi connectivity index (χ1n) is 15.1. The topological polar surface area (TPSA) is 71.1 Å². The van der Waals surface area contributed by atoms with E-state index in [1.807, 2.05) is 18.2 Å². The van der Waals surface area contributed by atoms with Crippen molar-refractivity contribution in [2.75, 3.05) is 13.7 Å². The summed E-state index contributed by atoms with van der Waals surface area (Å²) in [5, 5.41) is 0.0526. The van der Waals surface area contributed by atoms with Crippen LogP contribution in [-0.2, 0) is 23.1 Å². The molecule has 6 nitrogen and oxygen atoms in total. The smallest absolute Gasteiger partial charge is 0.338 e. The highest BCUT2D eigenvalue weighted by molar-refractivity contribution is 6.74. The molecule has 0 heterocycles. The maximum atomic E-state index is 13.6. The largest absolute Gasteiger partial charge is 0.469 e. The van der Waals surface area contributed by atoms with E-state index in [0.717, 1.165) is 23.7 Å². The van der Waals surface area contributed by atoms with Gasteiger partial charge in [-0.2, -0.15) is 0 Å². The van der Waals surface area contributed by atoms with Crippen molar-refractivity contribution in [2.45, 2.75) is 103 Å². The van der Waals surface area contributed by atoms with Crippen LogP contribution in [0.1, 0.15) is 65.2 Å². The van der Waals surface area contributed by atoms with Gasteiger partial charge in [0.2, 0.25) is 0 Å². The number of hydrogen-bond acceptors (Lipinski definition) is 6. The molecule has 2 aliphatic rings. The third-order valence-corrected chi connectivity index (χ3v) is 19.3. The predicted octanol–water partition coefficient (Wildman–Crippen LogP) is 7.63. The minimum atomic E-state index is -2.06. The Morgan fingerprint density at radius 2 is 1.57 bits per heavy atom. The van der Waals surface area contributed by atoms with Gasteiger partial charge in [0.05, 0.1) is 24.7 Å². The monoisotopic (exact) mass is 588 g/mol. The van der Waals surface area contributed by atoms with Gasteiger partial charge in [-0.15, -0.1) is 0 Å². The van der Waals surface area contributed by atoms with Crippen molar-refractivity contribution < 1.29 is 27.9 Å². The summed E-state index contributed by atoms with van der Waals surface area (Å²) >= 11 is 0. The number of carbonyl (C=O) groups excluding carboxylic acids is 2. The van der Waals surface area contributed by atoms with Gasteiger partial charge >= 0.3 is 11.9 Å². The molecule has 0 aromatic heterocycles. The van der Waals surface area contributed by atoms with Gasteiger partial charge in [-0.1, -0.05) is 71.4 Å². The molecular formula is C32H52O6Si2. The first kappa shape index (κ1) is 32.8. The van der Waals surface area contributed by atoms with Gasteiger partial charge in [0.15, 0.2) is 16.6 Å². The summed E-state index contributed by atoms with van der Waals surface area (Å²) in [6.07, 6.45) is 2.32. The molecule has 0 N–H and O–H groups in total. The molecule has 0 unspecified atom stereocenters. The highest BCUT2D eigenvalue weighted by Gasteiger charge is 2.57. The number of esters is 2. The van der Waals surface area contributed by atoms with Crippen LogP contribution in [-0.4, -0.2) is 54.5 Å². The summed E-state index contributed by atoms with van der Waals surface area (Å²) < 4.78 is 25.4. The molecule has 6 atom stereocenters. The second-order valence-electron chi connectivity index (χ2n) is 13.2. The van der Waals surface area contributed by atoms with E-state index in [-0.39, 0.29) is 40.8 Å². The molecule has 224 valence electrons. The zero-order valence-corrected chi connectivity index (χ0v) is 28.4. The van der Waals surface area contributed by atoms with E-state index in [9.17, 15) is 9.59 Å². The van der Waals surface area contributed by atoms with Crippen LogP contribution in [0.25, 0.3) is 0 Å². The lowest BCUT2D eigenvalue weighted by atomic mass is 9.68. The van der Waals surface area contributed by atoms with Crippen LogP contribution in [0, 0.1) is 23.7 Å². The van der Waals surface area contributed by atoms with Crippen molar-refractivity contribution in [1.82, 2.24) is 0 Å². The highest BCUT2D eigenvalue weighted by atomic mass is 28.4. The van der Waals surface area contributed by atoms with Gasteiger partial charge < -0.3 is 18.3 Å². The van der Waals surface area contributed by atoms with Crippen LogP contribution >= 0.6 is 0 Å². The first-order chi connectivity index (χ1) is 18.7. The summed E-state index contributed by atoms with van der Waals surface area (Å²) in [4.78, 5) is 26.9. The SMILES string of the molecule is CC[Si](CC)(CC)O[C@H]1C[C@H](OC(=O)c2ccccc2)[C@@H]2[C@@H]1C=C(C)[C@@H](CO[Si](C)(C)C(C)(C)C)[C@H]2C(=O)OC. The maximum absolute atomic E-state index is 13.6. The Kier molecular flexibility index (Phi) is 10.7. The van der Waals surface area contributed by atoms with E-state index >= 15 is 0 Å². The van der Waals surface area contributed by atoms with E-state index < -0.39 is 28.7 Å². The summed E-state index contributed by atoms with van der Waals surface area (Å²) in [6.45, 7) is 20.4. The normalized spacial score (nSPS) is 27.1. The zero-order valence-electron chi connectivity index (χ0n) is 26.4. The van der Waals surface area contributed by atoms with Crippen LogP contribution in [0.5, 0.6) is 0 Å². The van der Waals surface area contributed by atoms with Gasteiger partial charge in [0, 0.05) is 30.8 Å². The lowest BCUT2D eigenvalue weighted by Gasteiger charge is -2.43. The molecule has 0 spiro atoms. The summed E-state index contributed by atoms with van der Waals surface area (Å²) in [5.74, 6) is -1.52. The number of carbonyl (C=O) groups is 2. The van der Waals surface area contributed by atoms with Crippen LogP contribution in [0.15, 0.2) is 42.0 Å². The third-order valence-electron chi connectivity index (χ3n) is 10.2. The number of ether oxygens (including phenoxy) is 2. The standard InChI is InChI=1S/C32H52O6Si2/c1-11-40(12-2,13-3)38-26-20-27(37-30(33)23-17-15-14-16-18-23)28-24(26)19-22(4)25(29(28)31(34)35-8)21-36-39(9,10)32(5,6)7/h14-19,24-29H,11-13,20-21H2,1-10H3/t24-,25-,26+,27+,28+,29-/m1/s1. The number of hydrogen-bond donors (Lipinski definition) is 0. The second kappa shape index (κ2) is 13.1. The van der Waals surface area contributed by atoms with E-state index in [4.69, 9.17) is 18.3 Å². The highest BCUT2D eigenvalue weighted by Crippen LogP contribution is 2.51. The molecule has 0 amide bonds. The Hall–Kier alpha value is -1.75. The second-order valence-corrected chi connectivity index (χ2v) is 22.8. The van der Waals surface area contributed by atoms with Crippen molar-refractivity contribution in [3.05, 3.63) is 47.5 Å². The van der Waals surface area contributed by atoms with E-state index in [0.29, 0.717) is 18.6 Å². The zero-order chi connectivity index (χ0) is 29.9. The van der Waals surface area contributed by atoms with Gasteiger partial charge in [0.25, 0.3) is 0 Å². The maximum Gasteiger partial charge on any atom is 0.338 e. The van der Waals surface area contributed by atoms with Crippen molar-refractivity contribution >= 4 is 28.6 Å². The van der Waals surface area contributed by atoms with Gasteiger partial charge in [0.1, 0.15) is 6.10 Å². The van der Waals surface area contributed by atoms with Crippen LogP contribution < -0.4 is 0 Å². The minimum Gasteiger partial charge on any atom is -0.469 e. The van der Waals surface area contributed by atoms with E-state index in [1.165, 1.54) is 7.11 Å². The molecule has 3 rings (SSSR count). The Bertz CT molecular complexity index is 1030. The Balaban J connectivity index is 2.03. The average Bonchev–Trinajstić information content (AvgIpc) is 3.25. The number of benzene rings is 1. The molecule has 0 saturated heterocycles. The fourth-order valence-electron chi connectivity index (χ4n) is 6.27. The molecule has 40 heavy (non-hydrogen) atoms. The fourth-order valence-corrected chi connectivity index (χ4v) is 10.2. The van der Waals surface area contributed by atoms with Gasteiger partial charge in [-0.3, -0.25) is 4.79 Å². The quantitative estimate of drug-likeness (QED) is 0.150. The third kappa shape index (κ3) is 6.82. The Morgan fingerprint density at radius 1 is 0.975 bits per heavy atom. The number of fused-ring (bicyclic) bond motifs is 1. The van der Waals surface area contributed by atoms with Gasteiger partial charge in [-0.05, 0) is 55.3 Å². The predicted molar refractivity (Wildman–Crippen MR) is 165 cm³/mol. The molecule has 0 radical (unpaired) electrons. The Labute approximate surface area is 244 Å². The summed E-state index contributed by atoms with van der Waals surface area (Å²) in [5.41, 5.74) is 1.65. The molecule has 1 aromatic carbocycles. The van der Waals surface area contributed by atoms with Crippen LogP contribution in [0.2, 0.25) is 36.3 Å². The molecular weight excluding hydrogens is 537 g/mol. The molecule has 1 saturated carbocycles. The molecule has 8 heteroatoms. The molecule has 2 aliphatic carbocycles. The van der Waals surface area contributed by atoms with Crippen molar-refractivity contribution in [1.29, 1.82) is 0 Å². The average molecular weight is 589 g/mol. The van der Waals surface area contributed by atoms with Crippen molar-refractivity contribution in [3.63, 3.8) is 0 Å². The molecule has 0 bridgehead atoms. The minimum absolute atomic E-state index is 0.0293. The summed E-state index contributed by atoms with van der Waals surface area (Å²) in [6, 6.07) is 12.2. The molecule has 0 aliphatic heterocycles. The fraction of sp³-hybridized carbons (Fsp3) is 0.688. The Morgan fingerprint density at radius 3 is 2.10 bits per heavy atom. The lowest BCUT2D eigenvalue weighted by Crippen LogP contribution is -2.48. The van der Waals surface area contributed by atoms with Crippen molar-refractivity contribution in [3.8, 4) is 0 Å². The lowest BCUT2D eigenvalue weighted by molar-refractivity contribution is -0.153. The van der Waals surface area contributed by atoms with Crippen LogP contribution in [0.3, 0.4) is 0 Å². The van der Waals surface area contributed by atoms with Crippen LogP contribution in [0.4, 0.5) is 0 Å². The first-order valence-corrected chi connectivity index (χ1v) is 20.5. The summed E-state index contributed by atoms with van der Waals surface area (Å²) in [7, 11) is -2.56. The van der Waals surface area contributed by atoms with E-state index in [1.54, 1.807) is 12.1 Å².